The van der Waals surface area contributed by atoms with E-state index in [4.69, 9.17) is 0 Å². The second kappa shape index (κ2) is 12.5. The van der Waals surface area contributed by atoms with E-state index in [1.54, 1.807) is 24.5 Å². The van der Waals surface area contributed by atoms with Gasteiger partial charge < -0.3 is 10.6 Å². The topological polar surface area (TPSA) is 104 Å². The fraction of sp³-hybridized carbons (Fsp3) is 0.233. The lowest BCUT2D eigenvalue weighted by molar-refractivity contribution is -0.137. The van der Waals surface area contributed by atoms with Gasteiger partial charge in [-0.05, 0) is 84.6 Å². The van der Waals surface area contributed by atoms with Crippen LogP contribution < -0.4 is 10.6 Å². The number of carbonyl (C=O) groups excluding carboxylic acids is 1. The van der Waals surface area contributed by atoms with Crippen LogP contribution >= 0.6 is 0 Å². The Labute approximate surface area is 245 Å². The SMILES string of the molecule is O=C(NCc1cc(NCc2ccncc2)nc(-c2ccc(C(F)(F)F)cc2)c1)C1CCCN1S(=O)(=O)c1ccc(F)cc1. The summed E-state index contributed by atoms with van der Waals surface area (Å²) in [5.41, 5.74) is 1.57. The molecule has 1 saturated heterocycles. The quantitative estimate of drug-likeness (QED) is 0.246. The van der Waals surface area contributed by atoms with E-state index in [9.17, 15) is 30.8 Å². The van der Waals surface area contributed by atoms with Crippen LogP contribution in [0, 0.1) is 5.82 Å². The van der Waals surface area contributed by atoms with Crippen molar-refractivity contribution in [1.29, 1.82) is 0 Å². The van der Waals surface area contributed by atoms with Gasteiger partial charge in [-0.25, -0.2) is 17.8 Å². The summed E-state index contributed by atoms with van der Waals surface area (Å²) in [7, 11) is -4.03. The highest BCUT2D eigenvalue weighted by Gasteiger charge is 2.39. The minimum absolute atomic E-state index is 0.0138. The highest BCUT2D eigenvalue weighted by Crippen LogP contribution is 2.31. The van der Waals surface area contributed by atoms with Crippen LogP contribution in [-0.2, 0) is 34.1 Å². The zero-order chi connectivity index (χ0) is 30.6. The van der Waals surface area contributed by atoms with Crippen LogP contribution in [0.15, 0.2) is 90.1 Å². The summed E-state index contributed by atoms with van der Waals surface area (Å²) < 4.78 is 80.2. The number of nitrogens with one attached hydrogen (secondary N) is 2. The Morgan fingerprint density at radius 1 is 0.930 bits per heavy atom. The predicted molar refractivity (Wildman–Crippen MR) is 151 cm³/mol. The van der Waals surface area contributed by atoms with Crippen molar-refractivity contribution < 1.29 is 30.8 Å². The van der Waals surface area contributed by atoms with Crippen molar-refractivity contribution in [1.82, 2.24) is 19.6 Å². The molecule has 43 heavy (non-hydrogen) atoms. The molecule has 2 N–H and O–H groups in total. The Balaban J connectivity index is 1.35. The van der Waals surface area contributed by atoms with E-state index in [0.717, 1.165) is 46.3 Å². The first-order valence-electron chi connectivity index (χ1n) is 13.4. The molecule has 2 aromatic heterocycles. The van der Waals surface area contributed by atoms with Gasteiger partial charge in [-0.1, -0.05) is 12.1 Å². The fourth-order valence-electron chi connectivity index (χ4n) is 4.79. The van der Waals surface area contributed by atoms with Gasteiger partial charge in [0.1, 0.15) is 17.7 Å². The largest absolute Gasteiger partial charge is 0.416 e. The first-order valence-corrected chi connectivity index (χ1v) is 14.8. The Hall–Kier alpha value is -4.36. The lowest BCUT2D eigenvalue weighted by Gasteiger charge is -2.23. The van der Waals surface area contributed by atoms with Gasteiger partial charge in [0.25, 0.3) is 0 Å². The molecule has 1 fully saturated rings. The number of hydrogen-bond acceptors (Lipinski definition) is 6. The molecular weight excluding hydrogens is 586 g/mol. The second-order valence-electron chi connectivity index (χ2n) is 9.98. The van der Waals surface area contributed by atoms with Gasteiger partial charge in [0, 0.05) is 37.6 Å². The van der Waals surface area contributed by atoms with Crippen molar-refractivity contribution in [3.63, 3.8) is 0 Å². The summed E-state index contributed by atoms with van der Waals surface area (Å²) in [4.78, 5) is 21.7. The van der Waals surface area contributed by atoms with Crippen LogP contribution in [0.2, 0.25) is 0 Å². The van der Waals surface area contributed by atoms with Crippen molar-refractivity contribution >= 4 is 21.7 Å². The molecule has 8 nitrogen and oxygen atoms in total. The lowest BCUT2D eigenvalue weighted by Crippen LogP contribution is -2.45. The molecule has 0 spiro atoms. The normalized spacial score (nSPS) is 15.8. The number of anilines is 1. The number of nitrogens with zero attached hydrogens (tertiary/aromatic N) is 3. The number of amides is 1. The van der Waals surface area contributed by atoms with Gasteiger partial charge in [0.05, 0.1) is 16.2 Å². The summed E-state index contributed by atoms with van der Waals surface area (Å²) >= 11 is 0. The first kappa shape index (κ1) is 30.1. The van der Waals surface area contributed by atoms with Crippen LogP contribution in [0.25, 0.3) is 11.3 Å². The summed E-state index contributed by atoms with van der Waals surface area (Å²) in [6, 6.07) is 15.1. The monoisotopic (exact) mass is 613 g/mol. The molecule has 1 aliphatic rings. The molecule has 0 saturated carbocycles. The Kier molecular flexibility index (Phi) is 8.74. The number of benzene rings is 2. The van der Waals surface area contributed by atoms with Crippen molar-refractivity contribution in [3.8, 4) is 11.3 Å². The molecule has 1 atom stereocenters. The van der Waals surface area contributed by atoms with Crippen LogP contribution in [0.4, 0.5) is 23.4 Å². The highest BCUT2D eigenvalue weighted by molar-refractivity contribution is 7.89. The molecule has 4 aromatic rings. The van der Waals surface area contributed by atoms with E-state index in [0.29, 0.717) is 42.0 Å². The summed E-state index contributed by atoms with van der Waals surface area (Å²) in [6.07, 6.45) is -0.389. The molecule has 1 unspecified atom stereocenters. The number of alkyl halides is 3. The molecule has 3 heterocycles. The number of aromatic nitrogens is 2. The van der Waals surface area contributed by atoms with E-state index < -0.39 is 39.5 Å². The zero-order valence-corrected chi connectivity index (χ0v) is 23.5. The van der Waals surface area contributed by atoms with E-state index in [1.807, 2.05) is 12.1 Å². The maximum absolute atomic E-state index is 13.4. The molecule has 5 rings (SSSR count). The number of halogens is 4. The number of hydrogen-bond donors (Lipinski definition) is 2. The molecule has 13 heteroatoms. The summed E-state index contributed by atoms with van der Waals surface area (Å²) in [5, 5.41) is 5.99. The van der Waals surface area contributed by atoms with Crippen molar-refractivity contribution in [2.24, 2.45) is 0 Å². The van der Waals surface area contributed by atoms with Crippen LogP contribution in [0.3, 0.4) is 0 Å². The first-order chi connectivity index (χ1) is 20.5. The molecule has 224 valence electrons. The number of pyridine rings is 2. The third-order valence-corrected chi connectivity index (χ3v) is 8.93. The summed E-state index contributed by atoms with van der Waals surface area (Å²) in [5.74, 6) is -0.639. The number of rotatable bonds is 9. The average Bonchev–Trinajstić information content (AvgIpc) is 3.51. The van der Waals surface area contributed by atoms with Gasteiger partial charge in [-0.15, -0.1) is 0 Å². The molecular formula is C30H27F4N5O3S. The minimum Gasteiger partial charge on any atom is -0.366 e. The van der Waals surface area contributed by atoms with Crippen molar-refractivity contribution in [2.45, 2.75) is 43.0 Å². The molecule has 2 aromatic carbocycles. The van der Waals surface area contributed by atoms with Crippen LogP contribution in [0.1, 0.15) is 29.5 Å². The van der Waals surface area contributed by atoms with E-state index in [-0.39, 0.29) is 18.0 Å². The minimum atomic E-state index is -4.48. The highest BCUT2D eigenvalue weighted by atomic mass is 32.2. The Morgan fingerprint density at radius 3 is 2.30 bits per heavy atom. The van der Waals surface area contributed by atoms with Crippen LogP contribution in [-0.4, -0.2) is 41.2 Å². The molecule has 0 bridgehead atoms. The molecule has 0 radical (unpaired) electrons. The third-order valence-electron chi connectivity index (χ3n) is 7.01. The lowest BCUT2D eigenvalue weighted by atomic mass is 10.1. The Morgan fingerprint density at radius 2 is 1.63 bits per heavy atom. The number of sulfonamides is 1. The standard InChI is InChI=1S/C30H27F4N5O3S/c31-24-7-9-25(10-8-24)43(41,42)39-15-1-2-27(39)29(40)37-19-21-16-26(22-3-5-23(6-4-22)30(32,33)34)38-28(17-21)36-18-20-11-13-35-14-12-20/h3-14,16-17,27H,1-2,15,18-19H2,(H,36,38)(H,37,40). The third kappa shape index (κ3) is 7.17. The van der Waals surface area contributed by atoms with Gasteiger partial charge >= 0.3 is 6.18 Å². The van der Waals surface area contributed by atoms with Gasteiger partial charge in [0.15, 0.2) is 0 Å². The summed E-state index contributed by atoms with van der Waals surface area (Å²) in [6.45, 7) is 0.560. The smallest absolute Gasteiger partial charge is 0.366 e. The van der Waals surface area contributed by atoms with Crippen LogP contribution in [0.5, 0.6) is 0 Å². The Bertz CT molecular complexity index is 1680. The van der Waals surface area contributed by atoms with Gasteiger partial charge in [0.2, 0.25) is 15.9 Å². The van der Waals surface area contributed by atoms with E-state index >= 15 is 0 Å². The van der Waals surface area contributed by atoms with Crippen molar-refractivity contribution in [2.75, 3.05) is 11.9 Å². The second-order valence-corrected chi connectivity index (χ2v) is 11.9. The van der Waals surface area contributed by atoms with E-state index in [1.165, 1.54) is 12.1 Å². The van der Waals surface area contributed by atoms with E-state index in [2.05, 4.69) is 20.6 Å². The van der Waals surface area contributed by atoms with Gasteiger partial charge in [-0.2, -0.15) is 17.5 Å². The van der Waals surface area contributed by atoms with Crippen molar-refractivity contribution in [3.05, 3.63) is 108 Å². The molecule has 1 amide bonds. The average molecular weight is 614 g/mol. The molecule has 0 aliphatic carbocycles. The maximum Gasteiger partial charge on any atom is 0.416 e. The number of carbonyl (C=O) groups is 1. The zero-order valence-electron chi connectivity index (χ0n) is 22.7. The molecule has 1 aliphatic heterocycles. The fourth-order valence-corrected chi connectivity index (χ4v) is 6.45. The van der Waals surface area contributed by atoms with Gasteiger partial charge in [-0.3, -0.25) is 9.78 Å². The predicted octanol–water partition coefficient (Wildman–Crippen LogP) is 5.38. The maximum atomic E-state index is 13.4.